The molecule has 3 nitrogen and oxygen atoms in total. The molecule has 0 aliphatic carbocycles. The van der Waals surface area contributed by atoms with E-state index in [1.165, 1.54) is 12.1 Å². The van der Waals surface area contributed by atoms with E-state index in [0.29, 0.717) is 12.1 Å². The van der Waals surface area contributed by atoms with Crippen LogP contribution in [0.25, 0.3) is 22.0 Å². The number of hydrogen-bond acceptors (Lipinski definition) is 2. The van der Waals surface area contributed by atoms with Crippen LogP contribution in [0.15, 0.2) is 48.7 Å². The Bertz CT molecular complexity index is 1120. The molecule has 0 aliphatic heterocycles. The molecule has 3 aromatic rings. The normalized spacial score (nSPS) is 15.1. The minimum atomic E-state index is -4.43. The van der Waals surface area contributed by atoms with Crippen LogP contribution in [-0.4, -0.2) is 13.9 Å². The number of nitrogens with one attached hydrogen (secondary N) is 1. The average Bonchev–Trinajstić information content (AvgIpc) is 3.02. The third-order valence-corrected chi connectivity index (χ3v) is 7.09. The third-order valence-electron chi connectivity index (χ3n) is 5.41. The largest absolute Gasteiger partial charge is 0.598 e. The van der Waals surface area contributed by atoms with Crippen LogP contribution in [-0.2, 0) is 24.1 Å². The van der Waals surface area contributed by atoms with Crippen LogP contribution >= 0.6 is 0 Å². The summed E-state index contributed by atoms with van der Waals surface area (Å²) in [5, 5.41) is 0.943. The number of nitrogens with zero attached hydrogens (tertiary/aromatic N) is 1. The molecule has 0 fully saturated rings. The number of benzene rings is 2. The van der Waals surface area contributed by atoms with Crippen LogP contribution in [0, 0.1) is 5.41 Å². The van der Waals surface area contributed by atoms with Gasteiger partial charge in [-0.25, -0.2) is 0 Å². The van der Waals surface area contributed by atoms with Gasteiger partial charge in [-0.2, -0.15) is 13.2 Å². The number of hydrogen-bond donors (Lipinski definition) is 1. The lowest BCUT2D eigenvalue weighted by Crippen LogP contribution is -2.40. The Hall–Kier alpha value is -1.96. The van der Waals surface area contributed by atoms with E-state index in [4.69, 9.17) is 0 Å². The summed E-state index contributed by atoms with van der Waals surface area (Å²) in [5.41, 5.74) is 1.85. The van der Waals surface area contributed by atoms with Crippen molar-refractivity contribution in [2.24, 2.45) is 5.41 Å². The molecule has 7 heteroatoms. The average molecular weight is 479 g/mol. The Morgan fingerprint density at radius 1 is 1.00 bits per heavy atom. The van der Waals surface area contributed by atoms with E-state index < -0.39 is 27.8 Å². The maximum Gasteiger partial charge on any atom is 0.417 e. The number of halogens is 3. The molecule has 33 heavy (non-hydrogen) atoms. The van der Waals surface area contributed by atoms with Gasteiger partial charge in [-0.1, -0.05) is 51.1 Å². The van der Waals surface area contributed by atoms with Crippen molar-refractivity contribution < 1.29 is 17.7 Å². The van der Waals surface area contributed by atoms with Gasteiger partial charge in [0.2, 0.25) is 0 Å². The second-order valence-corrected chi connectivity index (χ2v) is 12.8. The SMILES string of the molecule is C[C@@H](N[S+]([O-])C(C)(C)C)c1cn(CC(C)(C)C)c2cc(-c3ccccc3C(F)(F)F)ccc12. The van der Waals surface area contributed by atoms with Gasteiger partial charge in [0, 0.05) is 35.0 Å². The fraction of sp³-hybridized carbons (Fsp3) is 0.462. The molecule has 180 valence electrons. The summed E-state index contributed by atoms with van der Waals surface area (Å²) < 4.78 is 58.5. The number of fused-ring (bicyclic) bond motifs is 1. The monoisotopic (exact) mass is 478 g/mol. The summed E-state index contributed by atoms with van der Waals surface area (Å²) in [6.07, 6.45) is -2.40. The third kappa shape index (κ3) is 5.94. The lowest BCUT2D eigenvalue weighted by atomic mass is 9.96. The van der Waals surface area contributed by atoms with Crippen molar-refractivity contribution in [1.29, 1.82) is 0 Å². The summed E-state index contributed by atoms with van der Waals surface area (Å²) in [6, 6.07) is 10.9. The van der Waals surface area contributed by atoms with Gasteiger partial charge in [0.05, 0.1) is 11.6 Å². The molecule has 1 aromatic heterocycles. The predicted molar refractivity (Wildman–Crippen MR) is 131 cm³/mol. The van der Waals surface area contributed by atoms with Crippen molar-refractivity contribution in [3.05, 3.63) is 59.8 Å². The Morgan fingerprint density at radius 3 is 2.21 bits per heavy atom. The second-order valence-electron chi connectivity index (χ2n) is 10.8. The van der Waals surface area contributed by atoms with Gasteiger partial charge in [-0.3, -0.25) is 0 Å². The van der Waals surface area contributed by atoms with E-state index >= 15 is 0 Å². The van der Waals surface area contributed by atoms with E-state index in [9.17, 15) is 17.7 Å². The lowest BCUT2D eigenvalue weighted by molar-refractivity contribution is -0.137. The van der Waals surface area contributed by atoms with Crippen LogP contribution in [0.2, 0.25) is 0 Å². The van der Waals surface area contributed by atoms with Gasteiger partial charge < -0.3 is 9.12 Å². The Kier molecular flexibility index (Phi) is 7.00. The van der Waals surface area contributed by atoms with E-state index in [-0.39, 0.29) is 17.0 Å². The van der Waals surface area contributed by atoms with Crippen LogP contribution < -0.4 is 4.72 Å². The Labute approximate surface area is 197 Å². The van der Waals surface area contributed by atoms with Crippen molar-refractivity contribution in [2.75, 3.05) is 0 Å². The second kappa shape index (κ2) is 9.01. The predicted octanol–water partition coefficient (Wildman–Crippen LogP) is 7.49. The first-order chi connectivity index (χ1) is 15.1. The Morgan fingerprint density at radius 2 is 1.64 bits per heavy atom. The van der Waals surface area contributed by atoms with E-state index in [1.54, 1.807) is 12.1 Å². The highest BCUT2D eigenvalue weighted by atomic mass is 32.2. The quantitative estimate of drug-likeness (QED) is 0.386. The van der Waals surface area contributed by atoms with Crippen LogP contribution in [0.5, 0.6) is 0 Å². The van der Waals surface area contributed by atoms with Gasteiger partial charge in [0.15, 0.2) is 0 Å². The number of alkyl halides is 3. The first kappa shape index (κ1) is 25.7. The fourth-order valence-electron chi connectivity index (χ4n) is 3.86. The van der Waals surface area contributed by atoms with E-state index in [1.807, 2.05) is 46.0 Å². The van der Waals surface area contributed by atoms with Crippen molar-refractivity contribution >= 4 is 22.3 Å². The maximum absolute atomic E-state index is 13.6. The molecule has 1 unspecified atom stereocenters. The van der Waals surface area contributed by atoms with Gasteiger partial charge in [-0.05, 0) is 61.9 Å². The van der Waals surface area contributed by atoms with Gasteiger partial charge in [-0.15, -0.1) is 4.72 Å². The number of aromatic nitrogens is 1. The molecule has 0 amide bonds. The van der Waals surface area contributed by atoms with Gasteiger partial charge in [0.1, 0.15) is 4.75 Å². The fourth-order valence-corrected chi connectivity index (χ4v) is 4.66. The molecule has 0 saturated heterocycles. The summed E-state index contributed by atoms with van der Waals surface area (Å²) in [4.78, 5) is 0. The summed E-state index contributed by atoms with van der Waals surface area (Å²) >= 11 is -1.25. The molecule has 0 aliphatic rings. The molecular weight excluding hydrogens is 445 g/mol. The number of rotatable bonds is 5. The summed E-state index contributed by atoms with van der Waals surface area (Å²) in [7, 11) is 0. The minimum Gasteiger partial charge on any atom is -0.598 e. The van der Waals surface area contributed by atoms with Crippen LogP contribution in [0.3, 0.4) is 0 Å². The minimum absolute atomic E-state index is 0.0337. The highest BCUT2D eigenvalue weighted by molar-refractivity contribution is 7.90. The van der Waals surface area contributed by atoms with Crippen molar-refractivity contribution in [3.8, 4) is 11.1 Å². The highest BCUT2D eigenvalue weighted by Gasteiger charge is 2.34. The topological polar surface area (TPSA) is 40.0 Å². The van der Waals surface area contributed by atoms with Gasteiger partial charge >= 0.3 is 6.18 Å². The molecule has 0 saturated carbocycles. The van der Waals surface area contributed by atoms with Crippen LogP contribution in [0.4, 0.5) is 13.2 Å². The molecular formula is C26H33F3N2OS. The zero-order valence-electron chi connectivity index (χ0n) is 20.3. The van der Waals surface area contributed by atoms with Gasteiger partial charge in [0.25, 0.3) is 0 Å². The molecule has 0 bridgehead atoms. The molecule has 2 aromatic carbocycles. The molecule has 3 rings (SSSR count). The molecule has 2 atom stereocenters. The molecule has 1 N–H and O–H groups in total. The Balaban J connectivity index is 2.14. The van der Waals surface area contributed by atoms with Crippen LogP contribution in [0.1, 0.15) is 65.6 Å². The maximum atomic E-state index is 13.6. The van der Waals surface area contributed by atoms with E-state index in [2.05, 4.69) is 30.1 Å². The molecule has 0 spiro atoms. The van der Waals surface area contributed by atoms with Crippen molar-refractivity contribution in [1.82, 2.24) is 9.29 Å². The van der Waals surface area contributed by atoms with Crippen molar-refractivity contribution in [2.45, 2.75) is 72.0 Å². The smallest absolute Gasteiger partial charge is 0.417 e. The molecule has 0 radical (unpaired) electrons. The lowest BCUT2D eigenvalue weighted by Gasteiger charge is -2.26. The highest BCUT2D eigenvalue weighted by Crippen LogP contribution is 2.39. The zero-order chi connectivity index (χ0) is 24.8. The zero-order valence-corrected chi connectivity index (χ0v) is 21.1. The first-order valence-electron chi connectivity index (χ1n) is 11.1. The summed E-state index contributed by atoms with van der Waals surface area (Å²) in [5.74, 6) is 0. The van der Waals surface area contributed by atoms with E-state index in [0.717, 1.165) is 22.5 Å². The standard InChI is InChI=1S/C26H33F3N2OS/c1-17(30-33(32)25(5,6)7)21-15-31(16-24(2,3)4)23-14-18(12-13-20(21)23)19-10-8-9-11-22(19)26(27,28)29/h8-15,17,30H,16H2,1-7H3/t17-,33?/m1/s1. The van der Waals surface area contributed by atoms with Crippen molar-refractivity contribution in [3.63, 3.8) is 0 Å². The first-order valence-corrected chi connectivity index (χ1v) is 12.2. The molecule has 1 heterocycles. The summed E-state index contributed by atoms with van der Waals surface area (Å²) in [6.45, 7) is 14.8.